The monoisotopic (exact) mass is 335 g/mol. The van der Waals surface area contributed by atoms with Gasteiger partial charge >= 0.3 is 6.03 Å². The van der Waals surface area contributed by atoms with Crippen molar-refractivity contribution in [3.05, 3.63) is 33.5 Å². The Morgan fingerprint density at radius 1 is 1.36 bits per heavy atom. The van der Waals surface area contributed by atoms with Crippen LogP contribution >= 0.6 is 22.7 Å². The van der Waals surface area contributed by atoms with Crippen LogP contribution in [0.2, 0.25) is 0 Å². The van der Waals surface area contributed by atoms with Crippen molar-refractivity contribution in [2.24, 2.45) is 5.41 Å². The molecule has 2 N–H and O–H groups in total. The molecule has 22 heavy (non-hydrogen) atoms. The van der Waals surface area contributed by atoms with Gasteiger partial charge in [0.05, 0.1) is 11.7 Å². The van der Waals surface area contributed by atoms with Crippen molar-refractivity contribution in [2.45, 2.75) is 45.6 Å². The van der Waals surface area contributed by atoms with Crippen LogP contribution in [0.4, 0.5) is 9.93 Å². The summed E-state index contributed by atoms with van der Waals surface area (Å²) in [5.41, 5.74) is 1.07. The SMILES string of the molecule is CC(C)(C)C(NC(=O)Nc1nc(C2CC2)cs1)c1cccs1. The molecule has 2 amide bonds. The van der Waals surface area contributed by atoms with E-state index in [9.17, 15) is 4.79 Å². The quantitative estimate of drug-likeness (QED) is 0.827. The Kier molecular flexibility index (Phi) is 4.23. The number of carbonyl (C=O) groups is 1. The fourth-order valence-electron chi connectivity index (χ4n) is 2.34. The molecule has 2 aromatic rings. The van der Waals surface area contributed by atoms with Crippen molar-refractivity contribution in [1.82, 2.24) is 10.3 Å². The summed E-state index contributed by atoms with van der Waals surface area (Å²) >= 11 is 3.16. The predicted octanol–water partition coefficient (Wildman–Crippen LogP) is 4.99. The highest BCUT2D eigenvalue weighted by atomic mass is 32.1. The molecule has 6 heteroatoms. The second-order valence-electron chi connectivity index (χ2n) is 6.76. The average Bonchev–Trinajstić information content (AvgIpc) is 2.96. The standard InChI is InChI=1S/C16H21N3OS2/c1-16(2,3)13(12-5-4-8-21-12)18-14(20)19-15-17-11(9-22-15)10-6-7-10/h4-5,8-10,13H,6-7H2,1-3H3,(H2,17,18,19,20). The van der Waals surface area contributed by atoms with E-state index in [4.69, 9.17) is 0 Å². The van der Waals surface area contributed by atoms with Crippen LogP contribution in [0.15, 0.2) is 22.9 Å². The number of rotatable bonds is 4. The largest absolute Gasteiger partial charge is 0.330 e. The van der Waals surface area contributed by atoms with Crippen LogP contribution in [-0.2, 0) is 0 Å². The third kappa shape index (κ3) is 3.67. The molecular weight excluding hydrogens is 314 g/mol. The van der Waals surface area contributed by atoms with E-state index in [1.807, 2.05) is 16.8 Å². The summed E-state index contributed by atoms with van der Waals surface area (Å²) in [6.45, 7) is 6.39. The highest BCUT2D eigenvalue weighted by Gasteiger charge is 2.29. The number of thiophene rings is 1. The first-order valence-corrected chi connectivity index (χ1v) is 9.26. The molecule has 1 atom stereocenters. The van der Waals surface area contributed by atoms with Crippen molar-refractivity contribution < 1.29 is 4.79 Å². The Bertz CT molecular complexity index is 639. The molecule has 3 rings (SSSR count). The second kappa shape index (κ2) is 6.01. The maximum absolute atomic E-state index is 12.3. The van der Waals surface area contributed by atoms with Gasteiger partial charge < -0.3 is 5.32 Å². The van der Waals surface area contributed by atoms with Crippen LogP contribution in [0.5, 0.6) is 0 Å². The smallest absolute Gasteiger partial charge is 0.321 e. The number of hydrogen-bond acceptors (Lipinski definition) is 4. The lowest BCUT2D eigenvalue weighted by Gasteiger charge is -2.30. The molecule has 0 aromatic carbocycles. The van der Waals surface area contributed by atoms with Gasteiger partial charge in [-0.25, -0.2) is 9.78 Å². The van der Waals surface area contributed by atoms with E-state index in [2.05, 4.69) is 42.5 Å². The third-order valence-corrected chi connectivity index (χ3v) is 5.42. The minimum Gasteiger partial charge on any atom is -0.330 e. The topological polar surface area (TPSA) is 54.0 Å². The van der Waals surface area contributed by atoms with Crippen molar-refractivity contribution in [1.29, 1.82) is 0 Å². The number of nitrogens with zero attached hydrogens (tertiary/aromatic N) is 1. The lowest BCUT2D eigenvalue weighted by molar-refractivity contribution is 0.230. The van der Waals surface area contributed by atoms with E-state index < -0.39 is 0 Å². The van der Waals surface area contributed by atoms with Gasteiger partial charge in [-0.05, 0) is 29.7 Å². The molecular formula is C16H21N3OS2. The third-order valence-electron chi connectivity index (χ3n) is 3.71. The molecule has 4 nitrogen and oxygen atoms in total. The molecule has 1 aliphatic rings. The fourth-order valence-corrected chi connectivity index (χ4v) is 4.15. The molecule has 0 spiro atoms. The van der Waals surface area contributed by atoms with Gasteiger partial charge in [-0.2, -0.15) is 0 Å². The summed E-state index contributed by atoms with van der Waals surface area (Å²) in [5, 5.41) is 10.7. The van der Waals surface area contributed by atoms with Crippen LogP contribution in [0.25, 0.3) is 0 Å². The van der Waals surface area contributed by atoms with Crippen LogP contribution in [0, 0.1) is 5.41 Å². The van der Waals surface area contributed by atoms with Crippen molar-refractivity contribution >= 4 is 33.8 Å². The summed E-state index contributed by atoms with van der Waals surface area (Å²) in [6.07, 6.45) is 2.44. The van der Waals surface area contributed by atoms with Crippen LogP contribution < -0.4 is 10.6 Å². The van der Waals surface area contributed by atoms with E-state index in [1.54, 1.807) is 11.3 Å². The lowest BCUT2D eigenvalue weighted by atomic mass is 9.86. The molecule has 2 aromatic heterocycles. The maximum atomic E-state index is 12.3. The second-order valence-corrected chi connectivity index (χ2v) is 8.60. The first kappa shape index (κ1) is 15.5. The van der Waals surface area contributed by atoms with Gasteiger partial charge in [-0.15, -0.1) is 22.7 Å². The van der Waals surface area contributed by atoms with Gasteiger partial charge in [0.1, 0.15) is 0 Å². The van der Waals surface area contributed by atoms with E-state index in [1.165, 1.54) is 29.1 Å². The highest BCUT2D eigenvalue weighted by molar-refractivity contribution is 7.14. The van der Waals surface area contributed by atoms with Crippen LogP contribution in [-0.4, -0.2) is 11.0 Å². The van der Waals surface area contributed by atoms with Crippen molar-refractivity contribution in [3.63, 3.8) is 0 Å². The highest BCUT2D eigenvalue weighted by Crippen LogP contribution is 2.41. The van der Waals surface area contributed by atoms with E-state index >= 15 is 0 Å². The minimum atomic E-state index is -0.190. The Morgan fingerprint density at radius 3 is 2.73 bits per heavy atom. The number of nitrogens with one attached hydrogen (secondary N) is 2. The summed E-state index contributed by atoms with van der Waals surface area (Å²) in [5.74, 6) is 0.614. The molecule has 1 unspecified atom stereocenters. The van der Waals surface area contributed by atoms with E-state index in [0.29, 0.717) is 11.0 Å². The number of carbonyl (C=O) groups excluding carboxylic acids is 1. The van der Waals surface area contributed by atoms with Gasteiger partial charge in [-0.1, -0.05) is 26.8 Å². The first-order chi connectivity index (χ1) is 10.4. The molecule has 0 radical (unpaired) electrons. The Balaban J connectivity index is 1.65. The molecule has 0 aliphatic heterocycles. The van der Waals surface area contributed by atoms with E-state index in [0.717, 1.165) is 5.69 Å². The number of urea groups is 1. The number of thiazole rings is 1. The Labute approximate surface area is 139 Å². The normalized spacial score (nSPS) is 16.3. The van der Waals surface area contributed by atoms with Gasteiger partial charge in [0.2, 0.25) is 0 Å². The first-order valence-electron chi connectivity index (χ1n) is 7.50. The molecule has 2 heterocycles. The molecule has 1 saturated carbocycles. The van der Waals surface area contributed by atoms with Gasteiger partial charge in [0.25, 0.3) is 0 Å². The summed E-state index contributed by atoms with van der Waals surface area (Å²) < 4.78 is 0. The Hall–Kier alpha value is -1.40. The van der Waals surface area contributed by atoms with Gasteiger partial charge in [-0.3, -0.25) is 5.32 Å². The zero-order chi connectivity index (χ0) is 15.7. The molecule has 0 bridgehead atoms. The molecule has 1 fully saturated rings. The molecule has 118 valence electrons. The molecule has 0 saturated heterocycles. The minimum absolute atomic E-state index is 0.0182. The molecule has 1 aliphatic carbocycles. The zero-order valence-electron chi connectivity index (χ0n) is 13.1. The van der Waals surface area contributed by atoms with Crippen molar-refractivity contribution in [2.75, 3.05) is 5.32 Å². The average molecular weight is 335 g/mol. The number of aromatic nitrogens is 1. The number of anilines is 1. The van der Waals surface area contributed by atoms with Gasteiger partial charge in [0, 0.05) is 16.2 Å². The van der Waals surface area contributed by atoms with Crippen molar-refractivity contribution in [3.8, 4) is 0 Å². The summed E-state index contributed by atoms with van der Waals surface area (Å²) in [6, 6.07) is 3.87. The lowest BCUT2D eigenvalue weighted by Crippen LogP contribution is -2.38. The predicted molar refractivity (Wildman–Crippen MR) is 92.8 cm³/mol. The van der Waals surface area contributed by atoms with Gasteiger partial charge in [0.15, 0.2) is 5.13 Å². The maximum Gasteiger partial charge on any atom is 0.321 e. The fraction of sp³-hybridized carbons (Fsp3) is 0.500. The summed E-state index contributed by atoms with van der Waals surface area (Å²) in [7, 11) is 0. The zero-order valence-corrected chi connectivity index (χ0v) is 14.7. The van der Waals surface area contributed by atoms with E-state index in [-0.39, 0.29) is 17.5 Å². The van der Waals surface area contributed by atoms with Crippen LogP contribution in [0.1, 0.15) is 56.1 Å². The summed E-state index contributed by atoms with van der Waals surface area (Å²) in [4.78, 5) is 18.0. The number of hydrogen-bond donors (Lipinski definition) is 2. The Morgan fingerprint density at radius 2 is 2.14 bits per heavy atom. The van der Waals surface area contributed by atoms with Crippen LogP contribution in [0.3, 0.4) is 0 Å². The number of amides is 2.